The molecule has 3 heteroatoms. The minimum absolute atomic E-state index is 0.0908. The molecule has 112 valence electrons. The van der Waals surface area contributed by atoms with Crippen LogP contribution in [-0.4, -0.2) is 14.1 Å². The SMILES string of the molecule is CCc1ccc(N(C)c2c(F)cccc2C(C)NC)cc1. The Bertz CT molecular complexity index is 593. The molecule has 0 spiro atoms. The number of rotatable bonds is 5. The number of hydrogen-bond acceptors (Lipinski definition) is 2. The highest BCUT2D eigenvalue weighted by Crippen LogP contribution is 2.33. The Morgan fingerprint density at radius 3 is 2.38 bits per heavy atom. The number of benzene rings is 2. The van der Waals surface area contributed by atoms with E-state index in [1.807, 2.05) is 44.1 Å². The van der Waals surface area contributed by atoms with Crippen molar-refractivity contribution in [3.8, 4) is 0 Å². The highest BCUT2D eigenvalue weighted by atomic mass is 19.1. The summed E-state index contributed by atoms with van der Waals surface area (Å²) in [5, 5.41) is 3.18. The van der Waals surface area contributed by atoms with Crippen LogP contribution in [0.3, 0.4) is 0 Å². The molecule has 0 radical (unpaired) electrons. The predicted octanol–water partition coefficient (Wildman–Crippen LogP) is 4.44. The van der Waals surface area contributed by atoms with E-state index in [4.69, 9.17) is 0 Å². The molecule has 2 nitrogen and oxygen atoms in total. The number of hydrogen-bond donors (Lipinski definition) is 1. The fourth-order valence-corrected chi connectivity index (χ4v) is 2.48. The number of halogens is 1. The normalized spacial score (nSPS) is 12.2. The maximum absolute atomic E-state index is 14.4. The van der Waals surface area contributed by atoms with Gasteiger partial charge in [-0.1, -0.05) is 31.2 Å². The van der Waals surface area contributed by atoms with E-state index in [9.17, 15) is 4.39 Å². The van der Waals surface area contributed by atoms with Crippen LogP contribution in [0.4, 0.5) is 15.8 Å². The largest absolute Gasteiger partial charge is 0.342 e. The van der Waals surface area contributed by atoms with Crippen LogP contribution < -0.4 is 10.2 Å². The van der Waals surface area contributed by atoms with Gasteiger partial charge in [0.25, 0.3) is 0 Å². The van der Waals surface area contributed by atoms with Crippen molar-refractivity contribution in [3.05, 3.63) is 59.4 Å². The molecule has 0 saturated carbocycles. The highest BCUT2D eigenvalue weighted by molar-refractivity contribution is 5.67. The van der Waals surface area contributed by atoms with E-state index in [-0.39, 0.29) is 11.9 Å². The lowest BCUT2D eigenvalue weighted by Crippen LogP contribution is -2.19. The zero-order valence-electron chi connectivity index (χ0n) is 13.2. The van der Waals surface area contributed by atoms with Crippen molar-refractivity contribution in [3.63, 3.8) is 0 Å². The van der Waals surface area contributed by atoms with Gasteiger partial charge in [0, 0.05) is 18.8 Å². The van der Waals surface area contributed by atoms with Crippen molar-refractivity contribution in [2.24, 2.45) is 0 Å². The molecule has 0 amide bonds. The van der Waals surface area contributed by atoms with Crippen LogP contribution in [0.1, 0.15) is 31.0 Å². The van der Waals surface area contributed by atoms with Crippen LogP contribution >= 0.6 is 0 Å². The highest BCUT2D eigenvalue weighted by Gasteiger charge is 2.17. The Hall–Kier alpha value is -1.87. The second-order valence-electron chi connectivity index (χ2n) is 5.27. The molecule has 0 aromatic heterocycles. The van der Waals surface area contributed by atoms with Crippen LogP contribution in [0.2, 0.25) is 0 Å². The Kier molecular flexibility index (Phi) is 4.97. The molecule has 21 heavy (non-hydrogen) atoms. The molecule has 2 aromatic rings. The van der Waals surface area contributed by atoms with Gasteiger partial charge in [0.15, 0.2) is 0 Å². The molecule has 0 aliphatic rings. The monoisotopic (exact) mass is 286 g/mol. The molecule has 0 aliphatic carbocycles. The van der Waals surface area contributed by atoms with E-state index in [0.717, 1.165) is 17.7 Å². The van der Waals surface area contributed by atoms with Gasteiger partial charge in [0.2, 0.25) is 0 Å². The maximum Gasteiger partial charge on any atom is 0.147 e. The van der Waals surface area contributed by atoms with E-state index in [0.29, 0.717) is 5.69 Å². The summed E-state index contributed by atoms with van der Waals surface area (Å²) >= 11 is 0. The topological polar surface area (TPSA) is 15.3 Å². The Labute approximate surface area is 126 Å². The van der Waals surface area contributed by atoms with Gasteiger partial charge in [0.1, 0.15) is 5.82 Å². The van der Waals surface area contributed by atoms with Gasteiger partial charge >= 0.3 is 0 Å². The number of anilines is 2. The summed E-state index contributed by atoms with van der Waals surface area (Å²) in [7, 11) is 3.79. The summed E-state index contributed by atoms with van der Waals surface area (Å²) in [6.07, 6.45) is 1.01. The van der Waals surface area contributed by atoms with E-state index in [1.54, 1.807) is 6.07 Å². The van der Waals surface area contributed by atoms with Gasteiger partial charge in [0.05, 0.1) is 5.69 Å². The first-order valence-electron chi connectivity index (χ1n) is 7.36. The van der Waals surface area contributed by atoms with Crippen molar-refractivity contribution < 1.29 is 4.39 Å². The zero-order valence-corrected chi connectivity index (χ0v) is 13.2. The van der Waals surface area contributed by atoms with Crippen molar-refractivity contribution in [1.29, 1.82) is 0 Å². The molecule has 1 N–H and O–H groups in total. The van der Waals surface area contributed by atoms with Crippen molar-refractivity contribution in [2.75, 3.05) is 19.0 Å². The fraction of sp³-hybridized carbons (Fsp3) is 0.333. The first-order valence-corrected chi connectivity index (χ1v) is 7.36. The van der Waals surface area contributed by atoms with E-state index >= 15 is 0 Å². The first-order chi connectivity index (χ1) is 10.1. The average Bonchev–Trinajstić information content (AvgIpc) is 2.53. The molecule has 0 fully saturated rings. The molecule has 0 aliphatic heterocycles. The summed E-state index contributed by atoms with van der Waals surface area (Å²) in [5.74, 6) is -0.198. The summed E-state index contributed by atoms with van der Waals surface area (Å²) in [4.78, 5) is 1.91. The third-order valence-corrected chi connectivity index (χ3v) is 3.98. The number of aryl methyl sites for hydroxylation is 1. The molecular formula is C18H23FN2. The number of para-hydroxylation sites is 1. The lowest BCUT2D eigenvalue weighted by Gasteiger charge is -2.26. The quantitative estimate of drug-likeness (QED) is 0.874. The molecular weight excluding hydrogens is 263 g/mol. The van der Waals surface area contributed by atoms with E-state index in [2.05, 4.69) is 24.4 Å². The summed E-state index contributed by atoms with van der Waals surface area (Å²) in [5.41, 5.74) is 3.86. The third kappa shape index (κ3) is 3.24. The van der Waals surface area contributed by atoms with Crippen molar-refractivity contribution in [2.45, 2.75) is 26.3 Å². The van der Waals surface area contributed by atoms with E-state index < -0.39 is 0 Å². The molecule has 0 heterocycles. The van der Waals surface area contributed by atoms with Gasteiger partial charge in [-0.2, -0.15) is 0 Å². The molecule has 2 rings (SSSR count). The molecule has 1 atom stereocenters. The van der Waals surface area contributed by atoms with Crippen LogP contribution in [-0.2, 0) is 6.42 Å². The second-order valence-corrected chi connectivity index (χ2v) is 5.27. The predicted molar refractivity (Wildman–Crippen MR) is 87.8 cm³/mol. The zero-order chi connectivity index (χ0) is 15.4. The number of nitrogens with one attached hydrogen (secondary N) is 1. The average molecular weight is 286 g/mol. The van der Waals surface area contributed by atoms with Crippen LogP contribution in [0, 0.1) is 5.82 Å². The summed E-state index contributed by atoms with van der Waals surface area (Å²) < 4.78 is 14.4. The van der Waals surface area contributed by atoms with Crippen molar-refractivity contribution >= 4 is 11.4 Å². The Morgan fingerprint density at radius 1 is 1.14 bits per heavy atom. The Morgan fingerprint density at radius 2 is 1.81 bits per heavy atom. The van der Waals surface area contributed by atoms with Gasteiger partial charge in [-0.25, -0.2) is 4.39 Å². The fourth-order valence-electron chi connectivity index (χ4n) is 2.48. The minimum Gasteiger partial charge on any atom is -0.342 e. The van der Waals surface area contributed by atoms with E-state index in [1.165, 1.54) is 11.6 Å². The van der Waals surface area contributed by atoms with Crippen molar-refractivity contribution in [1.82, 2.24) is 5.32 Å². The number of nitrogens with zero attached hydrogens (tertiary/aromatic N) is 1. The lowest BCUT2D eigenvalue weighted by atomic mass is 10.0. The summed E-state index contributed by atoms with van der Waals surface area (Å²) in [6, 6.07) is 13.6. The van der Waals surface area contributed by atoms with Gasteiger partial charge in [-0.05, 0) is 49.7 Å². The molecule has 0 bridgehead atoms. The third-order valence-electron chi connectivity index (χ3n) is 3.98. The first kappa shape index (κ1) is 15.5. The molecule has 1 unspecified atom stereocenters. The van der Waals surface area contributed by atoms with Crippen LogP contribution in [0.15, 0.2) is 42.5 Å². The second kappa shape index (κ2) is 6.72. The van der Waals surface area contributed by atoms with Gasteiger partial charge < -0.3 is 10.2 Å². The van der Waals surface area contributed by atoms with Gasteiger partial charge in [-0.15, -0.1) is 0 Å². The standard InChI is InChI=1S/C18H23FN2/c1-5-14-9-11-15(12-10-14)21(4)18-16(13(2)20-3)7-6-8-17(18)19/h6-13,20H,5H2,1-4H3. The van der Waals surface area contributed by atoms with Gasteiger partial charge in [-0.3, -0.25) is 0 Å². The molecule has 0 saturated heterocycles. The summed E-state index contributed by atoms with van der Waals surface area (Å²) in [6.45, 7) is 4.16. The van der Waals surface area contributed by atoms with Crippen LogP contribution in [0.25, 0.3) is 0 Å². The Balaban J connectivity index is 2.44. The minimum atomic E-state index is -0.198. The van der Waals surface area contributed by atoms with Crippen LogP contribution in [0.5, 0.6) is 0 Å². The smallest absolute Gasteiger partial charge is 0.147 e. The molecule has 2 aromatic carbocycles. The maximum atomic E-state index is 14.4. The lowest BCUT2D eigenvalue weighted by molar-refractivity contribution is 0.608.